The van der Waals surface area contributed by atoms with E-state index in [2.05, 4.69) is 10.4 Å². The summed E-state index contributed by atoms with van der Waals surface area (Å²) >= 11 is 6.08. The van der Waals surface area contributed by atoms with Gasteiger partial charge in [-0.05, 0) is 36.2 Å². The van der Waals surface area contributed by atoms with E-state index in [-0.39, 0.29) is 17.3 Å². The molecule has 0 atom stereocenters. The lowest BCUT2D eigenvalue weighted by atomic mass is 10.1. The van der Waals surface area contributed by atoms with Crippen LogP contribution in [0.25, 0.3) is 5.69 Å². The zero-order valence-corrected chi connectivity index (χ0v) is 18.5. The molecule has 0 aliphatic heterocycles. The zero-order chi connectivity index (χ0) is 21.9. The number of hydrogen-bond acceptors (Lipinski definition) is 4. The Kier molecular flexibility index (Phi) is 6.60. The van der Waals surface area contributed by atoms with Gasteiger partial charge in [-0.3, -0.25) is 4.79 Å². The van der Waals surface area contributed by atoms with E-state index in [1.807, 2.05) is 19.1 Å². The van der Waals surface area contributed by atoms with Gasteiger partial charge >= 0.3 is 0 Å². The zero-order valence-electron chi connectivity index (χ0n) is 17.0. The second kappa shape index (κ2) is 8.99. The molecular weight excluding hydrogens is 424 g/mol. The lowest BCUT2D eigenvalue weighted by Crippen LogP contribution is -2.27. The molecular formula is C21H23ClN4O3S. The van der Waals surface area contributed by atoms with Crippen LogP contribution in [0.3, 0.4) is 0 Å². The summed E-state index contributed by atoms with van der Waals surface area (Å²) in [6, 6.07) is 13.8. The summed E-state index contributed by atoms with van der Waals surface area (Å²) in [6.07, 6.45) is 2.10. The third-order valence-corrected chi connectivity index (χ3v) is 6.82. The minimum Gasteiger partial charge on any atom is -0.348 e. The molecule has 0 spiro atoms. The van der Waals surface area contributed by atoms with E-state index >= 15 is 0 Å². The maximum absolute atomic E-state index is 12.9. The minimum absolute atomic E-state index is 0.0770. The highest BCUT2D eigenvalue weighted by atomic mass is 35.5. The molecule has 7 nitrogen and oxygen atoms in total. The number of amides is 1. The van der Waals surface area contributed by atoms with Crippen molar-refractivity contribution in [1.29, 1.82) is 0 Å². The van der Waals surface area contributed by atoms with Gasteiger partial charge in [0.2, 0.25) is 10.0 Å². The molecule has 3 rings (SSSR count). The number of nitrogens with one attached hydrogen (secondary N) is 1. The topological polar surface area (TPSA) is 84.3 Å². The number of benzene rings is 2. The SMILES string of the molecule is CCc1c(C(=O)NCc2ccccc2S(=O)(=O)N(C)C)cnn1-c1cccc(Cl)c1. The molecule has 0 aliphatic rings. The van der Waals surface area contributed by atoms with E-state index < -0.39 is 10.0 Å². The van der Waals surface area contributed by atoms with Gasteiger partial charge in [-0.25, -0.2) is 17.4 Å². The number of carbonyl (C=O) groups excluding carboxylic acids is 1. The van der Waals surface area contributed by atoms with E-state index in [1.54, 1.807) is 35.0 Å². The van der Waals surface area contributed by atoms with Crippen molar-refractivity contribution in [3.63, 3.8) is 0 Å². The van der Waals surface area contributed by atoms with Crippen molar-refractivity contribution in [1.82, 2.24) is 19.4 Å². The van der Waals surface area contributed by atoms with Crippen molar-refractivity contribution < 1.29 is 13.2 Å². The normalized spacial score (nSPS) is 11.6. The van der Waals surface area contributed by atoms with Crippen molar-refractivity contribution in [3.05, 3.63) is 76.6 Å². The Morgan fingerprint density at radius 2 is 1.90 bits per heavy atom. The summed E-state index contributed by atoms with van der Waals surface area (Å²) in [5.74, 6) is -0.322. The first-order valence-electron chi connectivity index (χ1n) is 9.37. The highest BCUT2D eigenvalue weighted by Gasteiger charge is 2.22. The average molecular weight is 447 g/mol. The van der Waals surface area contributed by atoms with E-state index in [1.165, 1.54) is 26.4 Å². The molecule has 30 heavy (non-hydrogen) atoms. The standard InChI is InChI=1S/C21H23ClN4O3S/c1-4-19-18(14-24-26(19)17-10-7-9-16(22)12-17)21(27)23-13-15-8-5-6-11-20(15)30(28,29)25(2)3/h5-12,14H,4,13H2,1-3H3,(H,23,27). The van der Waals surface area contributed by atoms with Gasteiger partial charge in [0.05, 0.1) is 28.0 Å². The molecule has 0 fully saturated rings. The van der Waals surface area contributed by atoms with Crippen molar-refractivity contribution in [2.24, 2.45) is 0 Å². The molecule has 0 bridgehead atoms. The van der Waals surface area contributed by atoms with Crippen molar-refractivity contribution in [3.8, 4) is 5.69 Å². The number of hydrogen-bond donors (Lipinski definition) is 1. The van der Waals surface area contributed by atoms with Crippen molar-refractivity contribution in [2.75, 3.05) is 14.1 Å². The summed E-state index contributed by atoms with van der Waals surface area (Å²) in [6.45, 7) is 2.02. The summed E-state index contributed by atoms with van der Waals surface area (Å²) < 4.78 is 27.9. The number of sulfonamides is 1. The van der Waals surface area contributed by atoms with Crippen LogP contribution in [0, 0.1) is 0 Å². The van der Waals surface area contributed by atoms with Crippen LogP contribution in [0.5, 0.6) is 0 Å². The minimum atomic E-state index is -3.62. The Balaban J connectivity index is 1.85. The molecule has 1 amide bonds. The van der Waals surface area contributed by atoms with Gasteiger partial charge in [-0.1, -0.05) is 42.8 Å². The molecule has 2 aromatic carbocycles. The summed E-state index contributed by atoms with van der Waals surface area (Å²) in [5, 5.41) is 7.74. The first kappa shape index (κ1) is 22.0. The quantitative estimate of drug-likeness (QED) is 0.603. The lowest BCUT2D eigenvalue weighted by Gasteiger charge is -2.15. The number of carbonyl (C=O) groups is 1. The van der Waals surface area contributed by atoms with Crippen LogP contribution in [-0.2, 0) is 23.0 Å². The smallest absolute Gasteiger partial charge is 0.255 e. The Morgan fingerprint density at radius 1 is 1.17 bits per heavy atom. The fourth-order valence-electron chi connectivity index (χ4n) is 3.10. The number of nitrogens with zero attached hydrogens (tertiary/aromatic N) is 3. The third-order valence-electron chi connectivity index (χ3n) is 4.67. The summed E-state index contributed by atoms with van der Waals surface area (Å²) in [5.41, 5.74) is 2.45. The largest absolute Gasteiger partial charge is 0.348 e. The molecule has 0 radical (unpaired) electrons. The number of halogens is 1. The van der Waals surface area contributed by atoms with Crippen LogP contribution in [0.4, 0.5) is 0 Å². The molecule has 1 aromatic heterocycles. The fraction of sp³-hybridized carbons (Fsp3) is 0.238. The van der Waals surface area contributed by atoms with Crippen LogP contribution in [0.1, 0.15) is 28.5 Å². The molecule has 0 unspecified atom stereocenters. The Labute approximate surface area is 181 Å². The van der Waals surface area contributed by atoms with E-state index in [0.717, 1.165) is 15.7 Å². The average Bonchev–Trinajstić information content (AvgIpc) is 3.16. The number of aromatic nitrogens is 2. The van der Waals surface area contributed by atoms with Gasteiger partial charge in [-0.15, -0.1) is 0 Å². The predicted molar refractivity (Wildman–Crippen MR) is 116 cm³/mol. The van der Waals surface area contributed by atoms with Crippen molar-refractivity contribution >= 4 is 27.5 Å². The molecule has 1 N–H and O–H groups in total. The maximum Gasteiger partial charge on any atom is 0.255 e. The molecule has 1 heterocycles. The molecule has 9 heteroatoms. The second-order valence-corrected chi connectivity index (χ2v) is 9.38. The van der Waals surface area contributed by atoms with Gasteiger partial charge in [0, 0.05) is 25.7 Å². The van der Waals surface area contributed by atoms with Gasteiger partial charge in [0.1, 0.15) is 0 Å². The van der Waals surface area contributed by atoms with Gasteiger partial charge in [0.15, 0.2) is 0 Å². The Morgan fingerprint density at radius 3 is 2.57 bits per heavy atom. The van der Waals surface area contributed by atoms with E-state index in [0.29, 0.717) is 22.6 Å². The Bertz CT molecular complexity index is 1170. The van der Waals surface area contributed by atoms with Crippen LogP contribution < -0.4 is 5.32 Å². The fourth-order valence-corrected chi connectivity index (χ4v) is 4.40. The predicted octanol–water partition coefficient (Wildman–Crippen LogP) is 3.27. The van der Waals surface area contributed by atoms with Gasteiger partial charge in [-0.2, -0.15) is 5.10 Å². The molecule has 0 saturated carbocycles. The first-order chi connectivity index (χ1) is 14.3. The maximum atomic E-state index is 12.9. The van der Waals surface area contributed by atoms with E-state index in [9.17, 15) is 13.2 Å². The summed E-state index contributed by atoms with van der Waals surface area (Å²) in [7, 11) is -0.667. The van der Waals surface area contributed by atoms with Gasteiger partial charge in [0.25, 0.3) is 5.91 Å². The first-order valence-corrected chi connectivity index (χ1v) is 11.2. The lowest BCUT2D eigenvalue weighted by molar-refractivity contribution is 0.0949. The highest BCUT2D eigenvalue weighted by molar-refractivity contribution is 7.89. The Hall–Kier alpha value is -2.68. The van der Waals surface area contributed by atoms with Crippen LogP contribution in [0.15, 0.2) is 59.6 Å². The summed E-state index contributed by atoms with van der Waals surface area (Å²) in [4.78, 5) is 13.0. The van der Waals surface area contributed by atoms with Gasteiger partial charge < -0.3 is 5.32 Å². The molecule has 3 aromatic rings. The molecule has 158 valence electrons. The second-order valence-electron chi connectivity index (χ2n) is 6.83. The molecule has 0 aliphatic carbocycles. The monoisotopic (exact) mass is 446 g/mol. The third kappa shape index (κ3) is 4.40. The van der Waals surface area contributed by atoms with Crippen molar-refractivity contribution in [2.45, 2.75) is 24.8 Å². The number of rotatable bonds is 7. The van der Waals surface area contributed by atoms with Crippen LogP contribution >= 0.6 is 11.6 Å². The van der Waals surface area contributed by atoms with E-state index in [4.69, 9.17) is 11.6 Å². The van der Waals surface area contributed by atoms with Crippen LogP contribution in [0.2, 0.25) is 5.02 Å². The highest BCUT2D eigenvalue weighted by Crippen LogP contribution is 2.21. The van der Waals surface area contributed by atoms with Crippen LogP contribution in [-0.4, -0.2) is 42.5 Å². The molecule has 0 saturated heterocycles.